The van der Waals surface area contributed by atoms with E-state index in [1.165, 1.54) is 7.11 Å². The average Bonchev–Trinajstić information content (AvgIpc) is 3.05. The third-order valence-corrected chi connectivity index (χ3v) is 4.13. The van der Waals surface area contributed by atoms with E-state index in [0.717, 1.165) is 5.76 Å². The summed E-state index contributed by atoms with van der Waals surface area (Å²) in [6, 6.07) is 9.63. The largest absolute Gasteiger partial charge is 0.496 e. The lowest BCUT2D eigenvalue weighted by molar-refractivity contribution is -0.124. The van der Waals surface area contributed by atoms with Gasteiger partial charge in [-0.15, -0.1) is 0 Å². The Morgan fingerprint density at radius 2 is 1.73 bits per heavy atom. The predicted octanol–water partition coefficient (Wildman–Crippen LogP) is 3.23. The van der Waals surface area contributed by atoms with Crippen molar-refractivity contribution in [2.75, 3.05) is 7.11 Å². The van der Waals surface area contributed by atoms with Gasteiger partial charge in [0.05, 0.1) is 18.7 Å². The first-order chi connectivity index (χ1) is 12.3. The van der Waals surface area contributed by atoms with Crippen LogP contribution in [0, 0.1) is 12.8 Å². The van der Waals surface area contributed by atoms with Crippen LogP contribution >= 0.6 is 0 Å². The van der Waals surface area contributed by atoms with Crippen LogP contribution in [0.1, 0.15) is 48.7 Å². The number of rotatable bonds is 7. The molecule has 1 aromatic heterocycles. The van der Waals surface area contributed by atoms with Gasteiger partial charge in [-0.05, 0) is 44.0 Å². The molecular formula is C20H26N2O4. The zero-order chi connectivity index (χ0) is 19.3. The molecule has 0 saturated carbocycles. The topological polar surface area (TPSA) is 80.6 Å². The van der Waals surface area contributed by atoms with Gasteiger partial charge in [0.2, 0.25) is 5.91 Å². The number of ether oxygens (including phenoxy) is 1. The number of aryl methyl sites for hydroxylation is 1. The molecule has 2 N–H and O–H groups in total. The van der Waals surface area contributed by atoms with E-state index < -0.39 is 6.04 Å². The van der Waals surface area contributed by atoms with Gasteiger partial charge in [0.15, 0.2) is 0 Å². The maximum absolute atomic E-state index is 12.7. The Morgan fingerprint density at radius 3 is 2.31 bits per heavy atom. The van der Waals surface area contributed by atoms with Crippen LogP contribution in [-0.2, 0) is 4.79 Å². The minimum Gasteiger partial charge on any atom is -0.496 e. The number of amides is 2. The molecule has 0 radical (unpaired) electrons. The third kappa shape index (κ3) is 4.65. The SMILES string of the molecule is COc1ccccc1C(=O)NC(C(=O)NC(C)c1ccc(C)o1)C(C)C. The van der Waals surface area contributed by atoms with Crippen molar-refractivity contribution < 1.29 is 18.7 Å². The Balaban J connectivity index is 2.10. The molecule has 6 heteroatoms. The van der Waals surface area contributed by atoms with E-state index in [1.54, 1.807) is 24.3 Å². The molecule has 1 heterocycles. The summed E-state index contributed by atoms with van der Waals surface area (Å²) in [5.74, 6) is 1.23. The van der Waals surface area contributed by atoms with E-state index in [2.05, 4.69) is 10.6 Å². The van der Waals surface area contributed by atoms with Gasteiger partial charge in [0.25, 0.3) is 5.91 Å². The fraction of sp³-hybridized carbons (Fsp3) is 0.400. The summed E-state index contributed by atoms with van der Waals surface area (Å²) in [6.45, 7) is 7.46. The number of para-hydroxylation sites is 1. The van der Waals surface area contributed by atoms with E-state index in [9.17, 15) is 9.59 Å². The summed E-state index contributed by atoms with van der Waals surface area (Å²) in [6.07, 6.45) is 0. The molecule has 2 aromatic rings. The normalized spacial score (nSPS) is 13.2. The number of methoxy groups -OCH3 is 1. The summed E-state index contributed by atoms with van der Waals surface area (Å²) in [4.78, 5) is 25.3. The molecule has 2 unspecified atom stereocenters. The van der Waals surface area contributed by atoms with Crippen LogP contribution in [0.3, 0.4) is 0 Å². The van der Waals surface area contributed by atoms with Crippen molar-refractivity contribution >= 4 is 11.8 Å². The van der Waals surface area contributed by atoms with Crippen LogP contribution in [0.4, 0.5) is 0 Å². The summed E-state index contributed by atoms with van der Waals surface area (Å²) < 4.78 is 10.8. The zero-order valence-corrected chi connectivity index (χ0v) is 15.8. The molecule has 2 atom stereocenters. The Bertz CT molecular complexity index is 767. The number of hydrogen-bond acceptors (Lipinski definition) is 4. The van der Waals surface area contributed by atoms with Gasteiger partial charge in [0.1, 0.15) is 23.3 Å². The fourth-order valence-corrected chi connectivity index (χ4v) is 2.65. The molecule has 2 amide bonds. The van der Waals surface area contributed by atoms with Gasteiger partial charge >= 0.3 is 0 Å². The average molecular weight is 358 g/mol. The Hall–Kier alpha value is -2.76. The highest BCUT2D eigenvalue weighted by Gasteiger charge is 2.27. The van der Waals surface area contributed by atoms with Crippen LogP contribution in [0.25, 0.3) is 0 Å². The van der Waals surface area contributed by atoms with Crippen molar-refractivity contribution in [2.45, 2.75) is 39.8 Å². The van der Waals surface area contributed by atoms with E-state index >= 15 is 0 Å². The lowest BCUT2D eigenvalue weighted by Gasteiger charge is -2.24. The number of hydrogen-bond donors (Lipinski definition) is 2. The third-order valence-electron chi connectivity index (χ3n) is 4.13. The molecule has 6 nitrogen and oxygen atoms in total. The first-order valence-electron chi connectivity index (χ1n) is 8.64. The molecule has 0 aliphatic heterocycles. The number of carbonyl (C=O) groups excluding carboxylic acids is 2. The van der Waals surface area contributed by atoms with Gasteiger partial charge in [-0.3, -0.25) is 9.59 Å². The van der Waals surface area contributed by atoms with Gasteiger partial charge in [-0.1, -0.05) is 26.0 Å². The van der Waals surface area contributed by atoms with Crippen LogP contribution in [-0.4, -0.2) is 25.0 Å². The molecule has 0 aliphatic carbocycles. The second kappa shape index (κ2) is 8.56. The van der Waals surface area contributed by atoms with Crippen molar-refractivity contribution in [2.24, 2.45) is 5.92 Å². The standard InChI is InChI=1S/C20H26N2O4/c1-12(2)18(20(24)21-14(4)16-11-10-13(3)26-16)22-19(23)15-8-6-7-9-17(15)25-5/h6-12,14,18H,1-5H3,(H,21,24)(H,22,23). The first-order valence-corrected chi connectivity index (χ1v) is 8.64. The molecular weight excluding hydrogens is 332 g/mol. The Labute approximate surface area is 153 Å². The molecule has 0 bridgehead atoms. The molecule has 26 heavy (non-hydrogen) atoms. The van der Waals surface area contributed by atoms with Crippen LogP contribution < -0.4 is 15.4 Å². The quantitative estimate of drug-likeness (QED) is 0.796. The van der Waals surface area contributed by atoms with E-state index in [4.69, 9.17) is 9.15 Å². The second-order valence-electron chi connectivity index (χ2n) is 6.57. The lowest BCUT2D eigenvalue weighted by atomic mass is 10.0. The summed E-state index contributed by atoms with van der Waals surface area (Å²) in [7, 11) is 1.51. The highest BCUT2D eigenvalue weighted by Crippen LogP contribution is 2.19. The van der Waals surface area contributed by atoms with Crippen LogP contribution in [0.2, 0.25) is 0 Å². The van der Waals surface area contributed by atoms with Crippen molar-refractivity contribution in [3.05, 3.63) is 53.5 Å². The Kier molecular flexibility index (Phi) is 6.44. The molecule has 0 fully saturated rings. The number of nitrogens with one attached hydrogen (secondary N) is 2. The van der Waals surface area contributed by atoms with E-state index in [-0.39, 0.29) is 23.8 Å². The highest BCUT2D eigenvalue weighted by atomic mass is 16.5. The first kappa shape index (κ1) is 19.6. The maximum atomic E-state index is 12.7. The van der Waals surface area contributed by atoms with Crippen LogP contribution in [0.15, 0.2) is 40.8 Å². The lowest BCUT2D eigenvalue weighted by Crippen LogP contribution is -2.50. The van der Waals surface area contributed by atoms with Gasteiger partial charge < -0.3 is 19.8 Å². The van der Waals surface area contributed by atoms with E-state index in [1.807, 2.05) is 39.8 Å². The minimum atomic E-state index is -0.675. The van der Waals surface area contributed by atoms with Gasteiger partial charge in [-0.2, -0.15) is 0 Å². The summed E-state index contributed by atoms with van der Waals surface area (Å²) >= 11 is 0. The zero-order valence-electron chi connectivity index (χ0n) is 15.8. The van der Waals surface area contributed by atoms with Crippen molar-refractivity contribution in [3.8, 4) is 5.75 Å². The van der Waals surface area contributed by atoms with Gasteiger partial charge in [0, 0.05) is 0 Å². The van der Waals surface area contributed by atoms with Crippen molar-refractivity contribution in [3.63, 3.8) is 0 Å². The van der Waals surface area contributed by atoms with Crippen molar-refractivity contribution in [1.29, 1.82) is 0 Å². The van der Waals surface area contributed by atoms with E-state index in [0.29, 0.717) is 17.1 Å². The van der Waals surface area contributed by atoms with Crippen LogP contribution in [0.5, 0.6) is 5.75 Å². The molecule has 0 saturated heterocycles. The monoisotopic (exact) mass is 358 g/mol. The fourth-order valence-electron chi connectivity index (χ4n) is 2.65. The smallest absolute Gasteiger partial charge is 0.255 e. The Morgan fingerprint density at radius 1 is 1.04 bits per heavy atom. The van der Waals surface area contributed by atoms with Gasteiger partial charge in [-0.25, -0.2) is 0 Å². The molecule has 0 spiro atoms. The highest BCUT2D eigenvalue weighted by molar-refractivity contribution is 5.99. The summed E-state index contributed by atoms with van der Waals surface area (Å²) in [5, 5.41) is 5.71. The number of carbonyl (C=O) groups is 2. The molecule has 1 aromatic carbocycles. The number of benzene rings is 1. The maximum Gasteiger partial charge on any atom is 0.255 e. The minimum absolute atomic E-state index is 0.0841. The van der Waals surface area contributed by atoms with Crippen molar-refractivity contribution in [1.82, 2.24) is 10.6 Å². The molecule has 0 aliphatic rings. The summed E-state index contributed by atoms with van der Waals surface area (Å²) in [5.41, 5.74) is 0.392. The molecule has 2 rings (SSSR count). The number of furan rings is 1. The second-order valence-corrected chi connectivity index (χ2v) is 6.57. The molecule has 140 valence electrons. The predicted molar refractivity (Wildman–Crippen MR) is 99.1 cm³/mol.